The van der Waals surface area contributed by atoms with Crippen LogP contribution in [0.25, 0.3) is 0 Å². The molecule has 2 aromatic rings. The first-order valence-corrected chi connectivity index (χ1v) is 12.0. The minimum atomic E-state index is -0.260. The van der Waals surface area contributed by atoms with Gasteiger partial charge in [-0.05, 0) is 63.8 Å². The van der Waals surface area contributed by atoms with Crippen LogP contribution in [0.5, 0.6) is 0 Å². The summed E-state index contributed by atoms with van der Waals surface area (Å²) in [6.07, 6.45) is 2.19. The summed E-state index contributed by atoms with van der Waals surface area (Å²) in [7, 11) is 0. The molecule has 1 heterocycles. The number of carbonyl (C=O) groups is 1. The standard InChI is InChI=1S/C27H39N5O.HI/c1-5-28-26(29-19-22-12-9-13-23(18-22)25(33)31-27(2,3)4)30-24-14-16-32(17-15-24)20-21-10-7-6-8-11-21;/h6-13,18,24H,5,14-17,19-20H2,1-4H3,(H,31,33)(H2,28,29,30);1H. The lowest BCUT2D eigenvalue weighted by atomic mass is 10.0. The molecule has 3 N–H and O–H groups in total. The maximum atomic E-state index is 12.5. The van der Waals surface area contributed by atoms with Crippen LogP contribution in [0, 0.1) is 0 Å². The van der Waals surface area contributed by atoms with E-state index in [9.17, 15) is 4.79 Å². The zero-order valence-corrected chi connectivity index (χ0v) is 23.3. The van der Waals surface area contributed by atoms with E-state index in [0.29, 0.717) is 18.2 Å². The van der Waals surface area contributed by atoms with E-state index in [4.69, 9.17) is 4.99 Å². The minimum Gasteiger partial charge on any atom is -0.357 e. The number of piperidine rings is 1. The average molecular weight is 578 g/mol. The second-order valence-electron chi connectivity index (χ2n) is 9.78. The van der Waals surface area contributed by atoms with Gasteiger partial charge in [0.05, 0.1) is 6.54 Å². The number of guanidine groups is 1. The lowest BCUT2D eigenvalue weighted by Crippen LogP contribution is -2.48. The highest BCUT2D eigenvalue weighted by Crippen LogP contribution is 2.14. The van der Waals surface area contributed by atoms with Crippen LogP contribution in [-0.2, 0) is 13.1 Å². The molecule has 0 radical (unpaired) electrons. The van der Waals surface area contributed by atoms with Gasteiger partial charge < -0.3 is 16.0 Å². The third-order valence-corrected chi connectivity index (χ3v) is 5.62. The minimum absolute atomic E-state index is 0. The summed E-state index contributed by atoms with van der Waals surface area (Å²) < 4.78 is 0. The molecule has 1 amide bonds. The van der Waals surface area contributed by atoms with E-state index < -0.39 is 0 Å². The van der Waals surface area contributed by atoms with Gasteiger partial charge in [0, 0.05) is 43.3 Å². The molecule has 0 saturated carbocycles. The molecule has 0 atom stereocenters. The van der Waals surface area contributed by atoms with Crippen molar-refractivity contribution in [1.29, 1.82) is 0 Å². The van der Waals surface area contributed by atoms with Crippen LogP contribution in [0.3, 0.4) is 0 Å². The van der Waals surface area contributed by atoms with E-state index in [-0.39, 0.29) is 35.4 Å². The highest BCUT2D eigenvalue weighted by Gasteiger charge is 2.20. The lowest BCUT2D eigenvalue weighted by Gasteiger charge is -2.33. The second kappa shape index (κ2) is 13.7. The van der Waals surface area contributed by atoms with Crippen LogP contribution in [0.15, 0.2) is 59.6 Å². The fourth-order valence-corrected chi connectivity index (χ4v) is 3.98. The third kappa shape index (κ3) is 9.62. The normalized spacial score (nSPS) is 15.4. The predicted octanol–water partition coefficient (Wildman–Crippen LogP) is 4.55. The molecule has 34 heavy (non-hydrogen) atoms. The van der Waals surface area contributed by atoms with Gasteiger partial charge in [-0.2, -0.15) is 0 Å². The monoisotopic (exact) mass is 577 g/mol. The molecule has 1 aliphatic heterocycles. The summed E-state index contributed by atoms with van der Waals surface area (Å²) >= 11 is 0. The number of hydrogen-bond donors (Lipinski definition) is 3. The van der Waals surface area contributed by atoms with Crippen LogP contribution in [0.1, 0.15) is 62.0 Å². The molecule has 1 aliphatic rings. The van der Waals surface area contributed by atoms with Gasteiger partial charge in [-0.1, -0.05) is 42.5 Å². The Kier molecular flexibility index (Phi) is 11.3. The highest BCUT2D eigenvalue weighted by molar-refractivity contribution is 14.0. The fraction of sp³-hybridized carbons (Fsp3) is 0.481. The van der Waals surface area contributed by atoms with E-state index in [0.717, 1.165) is 50.5 Å². The van der Waals surface area contributed by atoms with E-state index in [2.05, 4.69) is 58.1 Å². The zero-order chi connectivity index (χ0) is 23.7. The van der Waals surface area contributed by atoms with Gasteiger partial charge >= 0.3 is 0 Å². The Morgan fingerprint density at radius 1 is 1.03 bits per heavy atom. The van der Waals surface area contributed by atoms with Crippen LogP contribution < -0.4 is 16.0 Å². The summed E-state index contributed by atoms with van der Waals surface area (Å²) in [5.74, 6) is 0.782. The topological polar surface area (TPSA) is 68.8 Å². The first kappa shape index (κ1) is 28.1. The summed E-state index contributed by atoms with van der Waals surface area (Å²) in [5.41, 5.74) is 2.80. The lowest BCUT2D eigenvalue weighted by molar-refractivity contribution is 0.0919. The molecule has 7 heteroatoms. The predicted molar refractivity (Wildman–Crippen MR) is 152 cm³/mol. The summed E-state index contributed by atoms with van der Waals surface area (Å²) in [6.45, 7) is 12.6. The summed E-state index contributed by atoms with van der Waals surface area (Å²) in [6, 6.07) is 18.8. The van der Waals surface area contributed by atoms with Gasteiger partial charge in [-0.25, -0.2) is 4.99 Å². The molecule has 3 rings (SSSR count). The number of aliphatic imine (C=N–C) groups is 1. The number of amides is 1. The van der Waals surface area contributed by atoms with E-state index >= 15 is 0 Å². The molecular formula is C27H40IN5O. The first-order valence-electron chi connectivity index (χ1n) is 12.0. The number of rotatable bonds is 7. The van der Waals surface area contributed by atoms with Crippen molar-refractivity contribution >= 4 is 35.8 Å². The first-order chi connectivity index (χ1) is 15.8. The Hall–Kier alpha value is -2.13. The number of benzene rings is 2. The smallest absolute Gasteiger partial charge is 0.251 e. The quantitative estimate of drug-likeness (QED) is 0.257. The number of hydrogen-bond acceptors (Lipinski definition) is 3. The van der Waals surface area contributed by atoms with Crippen LogP contribution in [-0.4, -0.2) is 48.0 Å². The Bertz CT molecular complexity index is 918. The van der Waals surface area contributed by atoms with E-state index in [1.165, 1.54) is 5.56 Å². The number of nitrogens with zero attached hydrogens (tertiary/aromatic N) is 2. The summed E-state index contributed by atoms with van der Waals surface area (Å²) in [5, 5.41) is 10.00. The van der Waals surface area contributed by atoms with Crippen LogP contribution >= 0.6 is 24.0 Å². The van der Waals surface area contributed by atoms with Crippen molar-refractivity contribution in [2.24, 2.45) is 4.99 Å². The van der Waals surface area contributed by atoms with Crippen molar-refractivity contribution in [3.8, 4) is 0 Å². The van der Waals surface area contributed by atoms with Crippen molar-refractivity contribution in [3.63, 3.8) is 0 Å². The number of nitrogens with one attached hydrogen (secondary N) is 3. The van der Waals surface area contributed by atoms with Crippen molar-refractivity contribution in [1.82, 2.24) is 20.9 Å². The van der Waals surface area contributed by atoms with E-state index in [1.807, 2.05) is 45.0 Å². The highest BCUT2D eigenvalue weighted by atomic mass is 127. The second-order valence-corrected chi connectivity index (χ2v) is 9.78. The maximum absolute atomic E-state index is 12.5. The number of carbonyl (C=O) groups excluding carboxylic acids is 1. The molecule has 1 saturated heterocycles. The molecule has 0 aliphatic carbocycles. The average Bonchev–Trinajstić information content (AvgIpc) is 2.79. The maximum Gasteiger partial charge on any atom is 0.251 e. The Labute approximate surface area is 222 Å². The molecule has 0 spiro atoms. The van der Waals surface area contributed by atoms with Crippen molar-refractivity contribution in [2.45, 2.75) is 65.2 Å². The number of likely N-dealkylation sites (tertiary alicyclic amines) is 1. The molecule has 0 bridgehead atoms. The Morgan fingerprint density at radius 2 is 1.71 bits per heavy atom. The van der Waals surface area contributed by atoms with Gasteiger partial charge in [0.15, 0.2) is 5.96 Å². The number of halogens is 1. The Morgan fingerprint density at radius 3 is 2.35 bits per heavy atom. The van der Waals surface area contributed by atoms with Gasteiger partial charge in [-0.15, -0.1) is 24.0 Å². The molecule has 6 nitrogen and oxygen atoms in total. The van der Waals surface area contributed by atoms with Gasteiger partial charge in [-0.3, -0.25) is 9.69 Å². The van der Waals surface area contributed by atoms with Crippen molar-refractivity contribution in [2.75, 3.05) is 19.6 Å². The van der Waals surface area contributed by atoms with E-state index in [1.54, 1.807) is 0 Å². The Balaban J connectivity index is 0.00000408. The molecule has 186 valence electrons. The van der Waals surface area contributed by atoms with Crippen LogP contribution in [0.2, 0.25) is 0 Å². The molecule has 0 aromatic heterocycles. The van der Waals surface area contributed by atoms with Gasteiger partial charge in [0.1, 0.15) is 0 Å². The summed E-state index contributed by atoms with van der Waals surface area (Å²) in [4.78, 5) is 19.8. The molecular weight excluding hydrogens is 537 g/mol. The van der Waals surface area contributed by atoms with Gasteiger partial charge in [0.25, 0.3) is 5.91 Å². The SMILES string of the molecule is CCNC(=NCc1cccc(C(=O)NC(C)(C)C)c1)NC1CCN(Cc2ccccc2)CC1.I. The van der Waals surface area contributed by atoms with Crippen LogP contribution in [0.4, 0.5) is 0 Å². The third-order valence-electron chi connectivity index (χ3n) is 5.62. The zero-order valence-electron chi connectivity index (χ0n) is 20.9. The molecule has 0 unspecified atom stereocenters. The molecule has 1 fully saturated rings. The largest absolute Gasteiger partial charge is 0.357 e. The van der Waals surface area contributed by atoms with Gasteiger partial charge in [0.2, 0.25) is 0 Å². The van der Waals surface area contributed by atoms with Crippen molar-refractivity contribution in [3.05, 3.63) is 71.3 Å². The molecule has 2 aromatic carbocycles. The fourth-order valence-electron chi connectivity index (χ4n) is 3.98. The van der Waals surface area contributed by atoms with Crippen molar-refractivity contribution < 1.29 is 4.79 Å².